The van der Waals surface area contributed by atoms with Crippen molar-refractivity contribution in [3.63, 3.8) is 0 Å². The van der Waals surface area contributed by atoms with Gasteiger partial charge in [0.05, 0.1) is 24.6 Å². The molecule has 0 aliphatic heterocycles. The normalized spacial score (nSPS) is 9.95. The van der Waals surface area contributed by atoms with E-state index < -0.39 is 0 Å². The Labute approximate surface area is 117 Å². The second-order valence-electron chi connectivity index (χ2n) is 4.08. The molecule has 2 rings (SSSR count). The molecule has 0 saturated heterocycles. The van der Waals surface area contributed by atoms with Crippen LogP contribution in [0.5, 0.6) is 5.75 Å². The largest absolute Gasteiger partial charge is 0.491 e. The zero-order chi connectivity index (χ0) is 14.5. The molecule has 0 atom stereocenters. The Morgan fingerprint density at radius 2 is 2.05 bits per heavy atom. The lowest BCUT2D eigenvalue weighted by Gasteiger charge is -2.13. The highest BCUT2D eigenvalue weighted by atomic mass is 16.5. The van der Waals surface area contributed by atoms with Crippen LogP contribution in [0.3, 0.4) is 0 Å². The average molecular weight is 272 g/mol. The van der Waals surface area contributed by atoms with Crippen LogP contribution in [0, 0.1) is 6.92 Å². The summed E-state index contributed by atoms with van der Waals surface area (Å²) in [6.07, 6.45) is 1.59. The van der Waals surface area contributed by atoms with Crippen LogP contribution in [0.1, 0.15) is 16.2 Å². The third-order valence-electron chi connectivity index (χ3n) is 2.75. The quantitative estimate of drug-likeness (QED) is 0.889. The van der Waals surface area contributed by atoms with E-state index in [9.17, 15) is 4.79 Å². The summed E-state index contributed by atoms with van der Waals surface area (Å²) in [5.41, 5.74) is 1.19. The molecule has 0 fully saturated rings. The van der Waals surface area contributed by atoms with Gasteiger partial charge in [-0.05, 0) is 19.1 Å². The number of ether oxygens (including phenoxy) is 1. The van der Waals surface area contributed by atoms with E-state index in [2.05, 4.69) is 20.6 Å². The Balaban J connectivity index is 2.40. The molecule has 20 heavy (non-hydrogen) atoms. The summed E-state index contributed by atoms with van der Waals surface area (Å²) >= 11 is 0. The van der Waals surface area contributed by atoms with Gasteiger partial charge in [-0.3, -0.25) is 4.79 Å². The number of hydrogen-bond donors (Lipinski definition) is 2. The Kier molecular flexibility index (Phi) is 4.14. The molecular formula is C14H16N4O2. The fourth-order valence-electron chi connectivity index (χ4n) is 1.75. The van der Waals surface area contributed by atoms with Gasteiger partial charge in [0.1, 0.15) is 5.82 Å². The maximum atomic E-state index is 11.8. The molecule has 1 aromatic carbocycles. The van der Waals surface area contributed by atoms with Crippen LogP contribution in [-0.2, 0) is 0 Å². The highest BCUT2D eigenvalue weighted by Gasteiger charge is 2.12. The predicted octanol–water partition coefficient (Wildman–Crippen LogP) is 1.90. The summed E-state index contributed by atoms with van der Waals surface area (Å²) in [6, 6.07) is 7.19. The van der Waals surface area contributed by atoms with E-state index in [0.29, 0.717) is 28.6 Å². The number of nitrogens with one attached hydrogen (secondary N) is 2. The molecule has 104 valence electrons. The Morgan fingerprint density at radius 1 is 1.30 bits per heavy atom. The summed E-state index contributed by atoms with van der Waals surface area (Å²) in [5.74, 6) is 1.49. The van der Waals surface area contributed by atoms with E-state index in [0.717, 1.165) is 0 Å². The van der Waals surface area contributed by atoms with Crippen molar-refractivity contribution in [2.45, 2.75) is 6.92 Å². The number of para-hydroxylation sites is 1. The van der Waals surface area contributed by atoms with Crippen molar-refractivity contribution in [3.8, 4) is 5.75 Å². The number of methoxy groups -OCH3 is 1. The Hall–Kier alpha value is -2.63. The van der Waals surface area contributed by atoms with Gasteiger partial charge < -0.3 is 15.4 Å². The molecule has 0 saturated carbocycles. The van der Waals surface area contributed by atoms with Gasteiger partial charge in [0.25, 0.3) is 5.91 Å². The smallest absolute Gasteiger partial charge is 0.253 e. The van der Waals surface area contributed by atoms with Crippen molar-refractivity contribution in [2.24, 2.45) is 0 Å². The van der Waals surface area contributed by atoms with Gasteiger partial charge in [0.2, 0.25) is 0 Å². The topological polar surface area (TPSA) is 76.1 Å². The minimum absolute atomic E-state index is 0.169. The van der Waals surface area contributed by atoms with Crippen molar-refractivity contribution in [1.82, 2.24) is 15.3 Å². The lowest BCUT2D eigenvalue weighted by atomic mass is 10.1. The first kappa shape index (κ1) is 13.8. The lowest BCUT2D eigenvalue weighted by Crippen LogP contribution is -2.19. The molecule has 1 amide bonds. The second-order valence-corrected chi connectivity index (χ2v) is 4.08. The average Bonchev–Trinajstić information content (AvgIpc) is 2.47. The van der Waals surface area contributed by atoms with Crippen LogP contribution < -0.4 is 15.4 Å². The molecule has 1 heterocycles. The molecule has 1 aromatic heterocycles. The van der Waals surface area contributed by atoms with E-state index in [-0.39, 0.29) is 5.91 Å². The molecule has 0 spiro atoms. The molecule has 0 aliphatic carbocycles. The van der Waals surface area contributed by atoms with Crippen LogP contribution in [-0.4, -0.2) is 30.0 Å². The lowest BCUT2D eigenvalue weighted by molar-refractivity contribution is 0.0964. The summed E-state index contributed by atoms with van der Waals surface area (Å²) in [7, 11) is 3.14. The summed E-state index contributed by atoms with van der Waals surface area (Å²) in [6.45, 7) is 1.79. The maximum Gasteiger partial charge on any atom is 0.253 e. The van der Waals surface area contributed by atoms with Crippen molar-refractivity contribution in [2.75, 3.05) is 19.5 Å². The second kappa shape index (κ2) is 6.01. The third kappa shape index (κ3) is 2.85. The van der Waals surface area contributed by atoms with E-state index in [1.807, 2.05) is 6.07 Å². The van der Waals surface area contributed by atoms with Crippen molar-refractivity contribution < 1.29 is 9.53 Å². The van der Waals surface area contributed by atoms with E-state index in [4.69, 9.17) is 4.74 Å². The Bertz CT molecular complexity index is 628. The zero-order valence-electron chi connectivity index (χ0n) is 11.6. The van der Waals surface area contributed by atoms with Crippen LogP contribution in [0.25, 0.3) is 0 Å². The first-order valence-electron chi connectivity index (χ1n) is 6.11. The molecule has 0 unspecified atom stereocenters. The van der Waals surface area contributed by atoms with E-state index >= 15 is 0 Å². The summed E-state index contributed by atoms with van der Waals surface area (Å²) in [5, 5.41) is 5.72. The highest BCUT2D eigenvalue weighted by molar-refractivity contribution is 6.00. The van der Waals surface area contributed by atoms with Crippen molar-refractivity contribution in [3.05, 3.63) is 41.9 Å². The van der Waals surface area contributed by atoms with Crippen LogP contribution in [0.2, 0.25) is 0 Å². The number of aromatic nitrogens is 2. The summed E-state index contributed by atoms with van der Waals surface area (Å²) < 4.78 is 5.21. The zero-order valence-corrected chi connectivity index (χ0v) is 11.6. The fourth-order valence-corrected chi connectivity index (χ4v) is 1.75. The van der Waals surface area contributed by atoms with Crippen molar-refractivity contribution in [1.29, 1.82) is 0 Å². The number of amides is 1. The third-order valence-corrected chi connectivity index (χ3v) is 2.75. The molecule has 2 aromatic rings. The predicted molar refractivity (Wildman–Crippen MR) is 76.4 cm³/mol. The van der Waals surface area contributed by atoms with E-state index in [1.54, 1.807) is 45.5 Å². The number of hydrogen-bond acceptors (Lipinski definition) is 5. The molecule has 0 bridgehead atoms. The number of carbonyl (C=O) groups is 1. The van der Waals surface area contributed by atoms with Gasteiger partial charge >= 0.3 is 0 Å². The standard InChI is InChI=1S/C14H16N4O2/c1-9-16-8-12(20-3)13(17-9)18-11-7-5-4-6-10(11)14(19)15-2/h4-8H,1-3H3,(H,15,19)(H,16,17,18). The highest BCUT2D eigenvalue weighted by Crippen LogP contribution is 2.26. The maximum absolute atomic E-state index is 11.8. The molecule has 2 N–H and O–H groups in total. The summed E-state index contributed by atoms with van der Waals surface area (Å²) in [4.78, 5) is 20.2. The fraction of sp³-hybridized carbons (Fsp3) is 0.214. The van der Waals surface area contributed by atoms with Gasteiger partial charge in [-0.25, -0.2) is 9.97 Å². The van der Waals surface area contributed by atoms with Crippen LogP contribution in [0.15, 0.2) is 30.5 Å². The minimum atomic E-state index is -0.169. The van der Waals surface area contributed by atoms with Gasteiger partial charge in [0, 0.05) is 7.05 Å². The molecule has 0 aliphatic rings. The van der Waals surface area contributed by atoms with Gasteiger partial charge in [-0.2, -0.15) is 0 Å². The number of benzene rings is 1. The van der Waals surface area contributed by atoms with Gasteiger partial charge in [-0.15, -0.1) is 0 Å². The number of rotatable bonds is 4. The first-order valence-corrected chi connectivity index (χ1v) is 6.11. The molecule has 0 radical (unpaired) electrons. The van der Waals surface area contributed by atoms with Crippen LogP contribution >= 0.6 is 0 Å². The Morgan fingerprint density at radius 3 is 2.75 bits per heavy atom. The molecule has 6 heteroatoms. The van der Waals surface area contributed by atoms with Gasteiger partial charge in [0.15, 0.2) is 11.6 Å². The SMILES string of the molecule is CNC(=O)c1ccccc1Nc1nc(C)ncc1OC. The molecular weight excluding hydrogens is 256 g/mol. The number of aryl methyl sites for hydroxylation is 1. The van der Waals surface area contributed by atoms with Gasteiger partial charge in [-0.1, -0.05) is 12.1 Å². The number of anilines is 2. The number of nitrogens with zero attached hydrogens (tertiary/aromatic N) is 2. The monoisotopic (exact) mass is 272 g/mol. The minimum Gasteiger partial charge on any atom is -0.491 e. The van der Waals surface area contributed by atoms with E-state index in [1.165, 1.54) is 0 Å². The molecule has 6 nitrogen and oxygen atoms in total. The van der Waals surface area contributed by atoms with Crippen molar-refractivity contribution >= 4 is 17.4 Å². The number of carbonyl (C=O) groups excluding carboxylic acids is 1. The van der Waals surface area contributed by atoms with Crippen LogP contribution in [0.4, 0.5) is 11.5 Å². The first-order chi connectivity index (χ1) is 9.65.